The number of methoxy groups -OCH3 is 1. The van der Waals surface area contributed by atoms with Gasteiger partial charge in [-0.25, -0.2) is 9.78 Å². The Morgan fingerprint density at radius 3 is 2.94 bits per heavy atom. The largest absolute Gasteiger partial charge is 0.465 e. The molecular formula is C10H7BrN2O3. The van der Waals surface area contributed by atoms with E-state index in [1.54, 1.807) is 12.1 Å². The summed E-state index contributed by atoms with van der Waals surface area (Å²) in [6, 6.07) is 3.23. The highest BCUT2D eigenvalue weighted by Gasteiger charge is 2.13. The van der Waals surface area contributed by atoms with Crippen molar-refractivity contribution in [1.29, 1.82) is 0 Å². The average molecular weight is 283 g/mol. The van der Waals surface area contributed by atoms with Gasteiger partial charge in [0.2, 0.25) is 5.43 Å². The molecule has 1 N–H and O–H groups in total. The number of aromatic amines is 1. The van der Waals surface area contributed by atoms with Crippen LogP contribution >= 0.6 is 15.9 Å². The van der Waals surface area contributed by atoms with E-state index >= 15 is 0 Å². The normalized spacial score (nSPS) is 10.4. The van der Waals surface area contributed by atoms with Gasteiger partial charge in [0.25, 0.3) is 0 Å². The van der Waals surface area contributed by atoms with Crippen LogP contribution in [-0.2, 0) is 4.74 Å². The topological polar surface area (TPSA) is 72.1 Å². The molecule has 0 spiro atoms. The van der Waals surface area contributed by atoms with Crippen molar-refractivity contribution in [3.63, 3.8) is 0 Å². The van der Waals surface area contributed by atoms with E-state index in [0.717, 1.165) is 0 Å². The van der Waals surface area contributed by atoms with Crippen LogP contribution in [0.25, 0.3) is 11.0 Å². The smallest absolute Gasteiger partial charge is 0.343 e. The zero-order valence-corrected chi connectivity index (χ0v) is 9.87. The third-order valence-electron chi connectivity index (χ3n) is 2.11. The lowest BCUT2D eigenvalue weighted by molar-refractivity contribution is 0.0599. The number of H-pyrrole nitrogens is 1. The average Bonchev–Trinajstić information content (AvgIpc) is 2.28. The first-order valence-corrected chi connectivity index (χ1v) is 5.19. The van der Waals surface area contributed by atoms with Gasteiger partial charge in [-0.05, 0) is 28.1 Å². The Bertz CT molecular complexity index is 621. The zero-order chi connectivity index (χ0) is 11.7. The first-order chi connectivity index (χ1) is 7.63. The summed E-state index contributed by atoms with van der Waals surface area (Å²) >= 11 is 3.19. The van der Waals surface area contributed by atoms with Gasteiger partial charge in [0, 0.05) is 6.20 Å². The molecule has 0 fully saturated rings. The maximum atomic E-state index is 11.9. The van der Waals surface area contributed by atoms with E-state index < -0.39 is 5.97 Å². The Hall–Kier alpha value is -1.69. The number of carbonyl (C=O) groups excluding carboxylic acids is 1. The fourth-order valence-corrected chi connectivity index (χ4v) is 1.65. The molecule has 6 heteroatoms. The van der Waals surface area contributed by atoms with Crippen LogP contribution < -0.4 is 5.43 Å². The number of nitrogens with zero attached hydrogens (tertiary/aromatic N) is 1. The molecule has 0 aromatic carbocycles. The van der Waals surface area contributed by atoms with Gasteiger partial charge in [-0.2, -0.15) is 0 Å². The zero-order valence-electron chi connectivity index (χ0n) is 8.28. The van der Waals surface area contributed by atoms with Crippen LogP contribution in [0.2, 0.25) is 0 Å². The van der Waals surface area contributed by atoms with Crippen molar-refractivity contribution in [2.45, 2.75) is 0 Å². The number of halogens is 1. The van der Waals surface area contributed by atoms with Crippen molar-refractivity contribution < 1.29 is 9.53 Å². The third kappa shape index (κ3) is 1.71. The summed E-state index contributed by atoms with van der Waals surface area (Å²) in [7, 11) is 1.23. The van der Waals surface area contributed by atoms with Crippen LogP contribution in [0.1, 0.15) is 10.4 Å². The van der Waals surface area contributed by atoms with Crippen LogP contribution in [0.5, 0.6) is 0 Å². The number of nitrogens with one attached hydrogen (secondary N) is 1. The summed E-state index contributed by atoms with van der Waals surface area (Å²) < 4.78 is 5.11. The second-order valence-electron chi connectivity index (χ2n) is 3.05. The lowest BCUT2D eigenvalue weighted by Gasteiger charge is -2.01. The highest BCUT2D eigenvalue weighted by molar-refractivity contribution is 9.10. The molecule has 2 heterocycles. The van der Waals surface area contributed by atoms with Crippen molar-refractivity contribution in [3.8, 4) is 0 Å². The quantitative estimate of drug-likeness (QED) is 0.635. The summed E-state index contributed by atoms with van der Waals surface area (Å²) in [5, 5.41) is 0.353. The number of carbonyl (C=O) groups is 1. The second kappa shape index (κ2) is 4.05. The molecule has 0 atom stereocenters. The molecule has 82 valence electrons. The van der Waals surface area contributed by atoms with Gasteiger partial charge in [-0.1, -0.05) is 0 Å². The predicted molar refractivity (Wildman–Crippen MR) is 61.4 cm³/mol. The van der Waals surface area contributed by atoms with E-state index in [4.69, 9.17) is 0 Å². The highest BCUT2D eigenvalue weighted by Crippen LogP contribution is 2.11. The van der Waals surface area contributed by atoms with E-state index in [9.17, 15) is 9.59 Å². The first kappa shape index (κ1) is 10.8. The van der Waals surface area contributed by atoms with Crippen molar-refractivity contribution in [1.82, 2.24) is 9.97 Å². The number of hydrogen-bond donors (Lipinski definition) is 1. The Labute approximate surface area is 98.6 Å². The summed E-state index contributed by atoms with van der Waals surface area (Å²) in [4.78, 5) is 30.0. The number of rotatable bonds is 1. The van der Waals surface area contributed by atoms with Crippen LogP contribution in [0, 0.1) is 0 Å². The number of pyridine rings is 2. The van der Waals surface area contributed by atoms with Gasteiger partial charge in [0.15, 0.2) is 0 Å². The van der Waals surface area contributed by atoms with E-state index in [1.165, 1.54) is 13.3 Å². The van der Waals surface area contributed by atoms with Gasteiger partial charge in [-0.15, -0.1) is 0 Å². The maximum Gasteiger partial charge on any atom is 0.343 e. The number of fused-ring (bicyclic) bond motifs is 1. The van der Waals surface area contributed by atoms with Crippen molar-refractivity contribution in [3.05, 3.63) is 38.7 Å². The van der Waals surface area contributed by atoms with E-state index in [0.29, 0.717) is 15.6 Å². The first-order valence-electron chi connectivity index (χ1n) is 4.39. The summed E-state index contributed by atoms with van der Waals surface area (Å²) in [6.45, 7) is 0. The van der Waals surface area contributed by atoms with Crippen LogP contribution in [0.15, 0.2) is 27.7 Å². The molecule has 0 aliphatic heterocycles. The molecule has 0 bridgehead atoms. The molecule has 0 saturated heterocycles. The maximum absolute atomic E-state index is 11.9. The van der Waals surface area contributed by atoms with Gasteiger partial charge < -0.3 is 9.72 Å². The lowest BCUT2D eigenvalue weighted by Crippen LogP contribution is -2.17. The molecule has 16 heavy (non-hydrogen) atoms. The van der Waals surface area contributed by atoms with Crippen LogP contribution in [0.4, 0.5) is 0 Å². The molecular weight excluding hydrogens is 276 g/mol. The fraction of sp³-hybridized carbons (Fsp3) is 0.100. The monoisotopic (exact) mass is 282 g/mol. The van der Waals surface area contributed by atoms with E-state index in [2.05, 4.69) is 30.6 Å². The Morgan fingerprint density at radius 1 is 1.50 bits per heavy atom. The minimum Gasteiger partial charge on any atom is -0.465 e. The molecule has 2 rings (SSSR count). The predicted octanol–water partition coefficient (Wildman–Crippen LogP) is 1.47. The van der Waals surface area contributed by atoms with E-state index in [1.807, 2.05) is 0 Å². The molecule has 2 aromatic rings. The van der Waals surface area contributed by atoms with Crippen LogP contribution in [-0.4, -0.2) is 23.0 Å². The fourth-order valence-electron chi connectivity index (χ4n) is 1.34. The number of ether oxygens (including phenoxy) is 1. The molecule has 0 unspecified atom stereocenters. The minimum atomic E-state index is -0.661. The molecule has 0 aliphatic rings. The van der Waals surface area contributed by atoms with Crippen LogP contribution in [0.3, 0.4) is 0 Å². The number of esters is 1. The van der Waals surface area contributed by atoms with Crippen molar-refractivity contribution >= 4 is 32.9 Å². The van der Waals surface area contributed by atoms with E-state index in [-0.39, 0.29) is 11.0 Å². The third-order valence-corrected chi connectivity index (χ3v) is 2.55. The number of aromatic nitrogens is 2. The Balaban J connectivity index is 2.76. The van der Waals surface area contributed by atoms with Gasteiger partial charge in [0.1, 0.15) is 15.8 Å². The lowest BCUT2D eigenvalue weighted by atomic mass is 10.2. The molecule has 0 saturated carbocycles. The van der Waals surface area contributed by atoms with Crippen molar-refractivity contribution in [2.24, 2.45) is 0 Å². The van der Waals surface area contributed by atoms with Gasteiger partial charge in [-0.3, -0.25) is 4.79 Å². The summed E-state index contributed by atoms with van der Waals surface area (Å²) in [5.41, 5.74) is 0.00625. The molecule has 0 aliphatic carbocycles. The second-order valence-corrected chi connectivity index (χ2v) is 3.87. The SMILES string of the molecule is COC(=O)c1c[nH]c2nc(Br)ccc2c1=O. The Kier molecular flexibility index (Phi) is 2.74. The Morgan fingerprint density at radius 2 is 2.25 bits per heavy atom. The number of hydrogen-bond acceptors (Lipinski definition) is 4. The standard InChI is InChI=1S/C10H7BrN2O3/c1-16-10(15)6-4-12-9-5(8(6)14)2-3-7(11)13-9/h2-4H,1H3,(H,12,13,14). The van der Waals surface area contributed by atoms with Gasteiger partial charge >= 0.3 is 5.97 Å². The minimum absolute atomic E-state index is 0.0286. The molecule has 2 aromatic heterocycles. The van der Waals surface area contributed by atoms with Crippen molar-refractivity contribution in [2.75, 3.05) is 7.11 Å². The summed E-state index contributed by atoms with van der Waals surface area (Å²) in [6.07, 6.45) is 1.30. The van der Waals surface area contributed by atoms with Gasteiger partial charge in [0.05, 0.1) is 12.5 Å². The molecule has 0 amide bonds. The highest BCUT2D eigenvalue weighted by atomic mass is 79.9. The summed E-state index contributed by atoms with van der Waals surface area (Å²) in [5.74, 6) is -0.661. The molecule has 5 nitrogen and oxygen atoms in total. The molecule has 0 radical (unpaired) electrons.